The van der Waals surface area contributed by atoms with E-state index in [0.717, 1.165) is 16.8 Å². The molecule has 0 aliphatic carbocycles. The Hall–Kier alpha value is -2.02. The molecule has 1 fully saturated rings. The van der Waals surface area contributed by atoms with Crippen LogP contribution in [0, 0.1) is 13.8 Å². The molecule has 1 saturated heterocycles. The van der Waals surface area contributed by atoms with Crippen molar-refractivity contribution in [3.63, 3.8) is 0 Å². The van der Waals surface area contributed by atoms with Crippen LogP contribution < -0.4 is 9.64 Å². The zero-order valence-corrected chi connectivity index (χ0v) is 16.8. The second kappa shape index (κ2) is 7.31. The summed E-state index contributed by atoms with van der Waals surface area (Å²) in [5.41, 5.74) is 3.53. The fourth-order valence-corrected chi connectivity index (χ4v) is 4.22. The van der Waals surface area contributed by atoms with Gasteiger partial charge in [0.25, 0.3) is 5.91 Å². The van der Waals surface area contributed by atoms with E-state index in [4.69, 9.17) is 28.6 Å². The van der Waals surface area contributed by atoms with Crippen molar-refractivity contribution in [1.82, 2.24) is 0 Å². The van der Waals surface area contributed by atoms with Gasteiger partial charge in [0.05, 0.1) is 22.7 Å². The van der Waals surface area contributed by atoms with Crippen molar-refractivity contribution in [2.75, 3.05) is 12.0 Å². The molecule has 26 heavy (non-hydrogen) atoms. The van der Waals surface area contributed by atoms with E-state index in [0.29, 0.717) is 14.8 Å². The largest absolute Gasteiger partial charge is 0.503 e. The average molecular weight is 406 g/mol. The van der Waals surface area contributed by atoms with Gasteiger partial charge in [-0.05, 0) is 49.2 Å². The summed E-state index contributed by atoms with van der Waals surface area (Å²) in [7, 11) is 1.44. The summed E-state index contributed by atoms with van der Waals surface area (Å²) in [6, 6.07) is 9.06. The Bertz CT molecular complexity index is 956. The molecule has 2 aromatic carbocycles. The first-order chi connectivity index (χ1) is 12.3. The number of thioether (sulfide) groups is 1. The molecule has 0 bridgehead atoms. The lowest BCUT2D eigenvalue weighted by molar-refractivity contribution is -0.113. The summed E-state index contributed by atoms with van der Waals surface area (Å²) in [6.45, 7) is 3.96. The number of halogens is 1. The first-order valence-corrected chi connectivity index (χ1v) is 9.34. The molecule has 4 nitrogen and oxygen atoms in total. The van der Waals surface area contributed by atoms with E-state index in [-0.39, 0.29) is 22.4 Å². The molecule has 1 N–H and O–H groups in total. The fraction of sp³-hybridized carbons (Fsp3) is 0.158. The summed E-state index contributed by atoms with van der Waals surface area (Å²) >= 11 is 12.7. The number of ether oxygens (including phenoxy) is 1. The summed E-state index contributed by atoms with van der Waals surface area (Å²) in [5.74, 6) is -0.0714. The highest BCUT2D eigenvalue weighted by Gasteiger charge is 2.34. The van der Waals surface area contributed by atoms with Crippen LogP contribution in [0.3, 0.4) is 0 Å². The van der Waals surface area contributed by atoms with Crippen LogP contribution in [0.4, 0.5) is 5.69 Å². The second-order valence-corrected chi connectivity index (χ2v) is 7.94. The molecule has 7 heteroatoms. The first kappa shape index (κ1) is 18.8. The Labute approximate surface area is 166 Å². The number of carbonyl (C=O) groups is 1. The van der Waals surface area contributed by atoms with E-state index in [2.05, 4.69) is 0 Å². The Morgan fingerprint density at radius 1 is 1.27 bits per heavy atom. The lowest BCUT2D eigenvalue weighted by Gasteiger charge is -2.17. The maximum atomic E-state index is 12.9. The molecule has 1 heterocycles. The number of nitrogens with zero attached hydrogens (tertiary/aromatic N) is 1. The van der Waals surface area contributed by atoms with Crippen molar-refractivity contribution in [3.05, 3.63) is 56.9 Å². The van der Waals surface area contributed by atoms with Gasteiger partial charge >= 0.3 is 0 Å². The molecule has 0 radical (unpaired) electrons. The molecule has 0 aromatic heterocycles. The van der Waals surface area contributed by atoms with Crippen LogP contribution in [0.1, 0.15) is 16.7 Å². The van der Waals surface area contributed by atoms with Crippen LogP contribution in [-0.4, -0.2) is 22.4 Å². The summed E-state index contributed by atoms with van der Waals surface area (Å²) in [6.07, 6.45) is 1.69. The number of anilines is 1. The third-order valence-corrected chi connectivity index (χ3v) is 5.55. The number of aromatic hydroxyl groups is 1. The van der Waals surface area contributed by atoms with Crippen LogP contribution in [0.5, 0.6) is 11.5 Å². The van der Waals surface area contributed by atoms with E-state index in [1.54, 1.807) is 23.1 Å². The molecule has 0 saturated carbocycles. The molecular weight excluding hydrogens is 390 g/mol. The zero-order chi connectivity index (χ0) is 19.0. The maximum Gasteiger partial charge on any atom is 0.270 e. The van der Waals surface area contributed by atoms with Gasteiger partial charge in [-0.15, -0.1) is 0 Å². The predicted octanol–water partition coefficient (Wildman–Crippen LogP) is 5.08. The van der Waals surface area contributed by atoms with E-state index in [9.17, 15) is 9.90 Å². The standard InChI is InChI=1S/C19H16ClNO3S2/c1-10-4-5-14(11(2)6-10)21-18(23)16(26-19(21)25)9-12-7-13(20)17(22)15(8-12)24-3/h4-9,22H,1-3H3/b16-9+. The Balaban J connectivity index is 1.99. The van der Waals surface area contributed by atoms with Gasteiger partial charge in [0, 0.05) is 0 Å². The van der Waals surface area contributed by atoms with E-state index >= 15 is 0 Å². The number of rotatable bonds is 3. The third-order valence-electron chi connectivity index (χ3n) is 3.96. The zero-order valence-electron chi connectivity index (χ0n) is 14.4. The molecule has 0 unspecified atom stereocenters. The van der Waals surface area contributed by atoms with Crippen molar-refractivity contribution in [3.8, 4) is 11.5 Å². The van der Waals surface area contributed by atoms with Crippen molar-refractivity contribution in [1.29, 1.82) is 0 Å². The van der Waals surface area contributed by atoms with Gasteiger partial charge in [-0.25, -0.2) is 0 Å². The molecule has 1 aliphatic heterocycles. The van der Waals surface area contributed by atoms with Gasteiger partial charge in [-0.2, -0.15) is 0 Å². The minimum absolute atomic E-state index is 0.130. The van der Waals surface area contributed by atoms with Crippen molar-refractivity contribution in [2.24, 2.45) is 0 Å². The molecule has 2 aromatic rings. The Morgan fingerprint density at radius 3 is 2.65 bits per heavy atom. The number of amides is 1. The highest BCUT2D eigenvalue weighted by molar-refractivity contribution is 8.27. The smallest absolute Gasteiger partial charge is 0.270 e. The molecular formula is C19H16ClNO3S2. The van der Waals surface area contributed by atoms with Gasteiger partial charge in [-0.1, -0.05) is 53.3 Å². The molecule has 1 amide bonds. The van der Waals surface area contributed by atoms with E-state index in [1.165, 1.54) is 18.9 Å². The number of hydrogen-bond acceptors (Lipinski definition) is 5. The number of methoxy groups -OCH3 is 1. The summed E-state index contributed by atoms with van der Waals surface area (Å²) < 4.78 is 5.58. The number of phenols is 1. The first-order valence-electron chi connectivity index (χ1n) is 7.73. The highest BCUT2D eigenvalue weighted by atomic mass is 35.5. The SMILES string of the molecule is COc1cc(/C=C2/SC(=S)N(c3ccc(C)cc3C)C2=O)cc(Cl)c1O. The van der Waals surface area contributed by atoms with Crippen molar-refractivity contribution >= 4 is 57.6 Å². The minimum Gasteiger partial charge on any atom is -0.503 e. The van der Waals surface area contributed by atoms with Crippen molar-refractivity contribution < 1.29 is 14.6 Å². The van der Waals surface area contributed by atoms with E-state index < -0.39 is 0 Å². The Morgan fingerprint density at radius 2 is 2.00 bits per heavy atom. The molecule has 0 spiro atoms. The fourth-order valence-electron chi connectivity index (χ4n) is 2.72. The van der Waals surface area contributed by atoms with Crippen LogP contribution in [0.2, 0.25) is 5.02 Å². The number of aryl methyl sites for hydroxylation is 2. The number of thiocarbonyl (C=S) groups is 1. The Kier molecular flexibility index (Phi) is 5.27. The van der Waals surface area contributed by atoms with Crippen LogP contribution in [0.15, 0.2) is 35.2 Å². The average Bonchev–Trinajstić information content (AvgIpc) is 2.85. The van der Waals surface area contributed by atoms with Gasteiger partial charge < -0.3 is 9.84 Å². The lowest BCUT2D eigenvalue weighted by atomic mass is 10.1. The molecule has 1 aliphatic rings. The highest BCUT2D eigenvalue weighted by Crippen LogP contribution is 2.40. The molecule has 0 atom stereocenters. The van der Waals surface area contributed by atoms with Gasteiger partial charge in [0.2, 0.25) is 0 Å². The minimum atomic E-state index is -0.185. The number of carbonyl (C=O) groups excluding carboxylic acids is 1. The number of phenolic OH excluding ortho intramolecular Hbond substituents is 1. The van der Waals surface area contributed by atoms with Crippen LogP contribution >= 0.6 is 35.6 Å². The molecule has 134 valence electrons. The quantitative estimate of drug-likeness (QED) is 0.570. The van der Waals surface area contributed by atoms with Crippen LogP contribution in [-0.2, 0) is 4.79 Å². The van der Waals surface area contributed by atoms with E-state index in [1.807, 2.05) is 32.0 Å². The monoisotopic (exact) mass is 405 g/mol. The lowest BCUT2D eigenvalue weighted by Crippen LogP contribution is -2.28. The number of hydrogen-bond donors (Lipinski definition) is 1. The predicted molar refractivity (Wildman–Crippen MR) is 111 cm³/mol. The van der Waals surface area contributed by atoms with Crippen LogP contribution in [0.25, 0.3) is 6.08 Å². The topological polar surface area (TPSA) is 49.8 Å². The van der Waals surface area contributed by atoms with Gasteiger partial charge in [0.1, 0.15) is 0 Å². The van der Waals surface area contributed by atoms with Gasteiger partial charge in [0.15, 0.2) is 15.8 Å². The van der Waals surface area contributed by atoms with Crippen molar-refractivity contribution in [2.45, 2.75) is 13.8 Å². The normalized spacial score (nSPS) is 15.8. The molecule has 3 rings (SSSR count). The summed E-state index contributed by atoms with van der Waals surface area (Å²) in [4.78, 5) is 14.9. The van der Waals surface area contributed by atoms with Gasteiger partial charge in [-0.3, -0.25) is 9.69 Å². The third kappa shape index (κ3) is 3.45. The maximum absolute atomic E-state index is 12.9. The number of benzene rings is 2. The second-order valence-electron chi connectivity index (χ2n) is 5.86. The summed E-state index contributed by atoms with van der Waals surface area (Å²) in [5, 5.41) is 9.99.